The Bertz CT molecular complexity index is 155. The van der Waals surface area contributed by atoms with Gasteiger partial charge in [0.15, 0.2) is 0 Å². The molecule has 48 valence electrons. The molecule has 1 saturated heterocycles. The van der Waals surface area contributed by atoms with Gasteiger partial charge in [-0.05, 0) is 12.8 Å². The molecule has 1 aliphatic rings. The summed E-state index contributed by atoms with van der Waals surface area (Å²) < 4.78 is 4.70. The molecule has 2 heteroatoms. The average Bonchev–Trinajstić information content (AvgIpc) is 1.89. The number of esters is 1. The molecule has 0 aromatic carbocycles. The van der Waals surface area contributed by atoms with E-state index >= 15 is 0 Å². The van der Waals surface area contributed by atoms with Gasteiger partial charge in [-0.15, -0.1) is 6.42 Å². The zero-order chi connectivity index (χ0) is 6.69. The summed E-state index contributed by atoms with van der Waals surface area (Å²) >= 11 is 0. The zero-order valence-corrected chi connectivity index (χ0v) is 5.09. The van der Waals surface area contributed by atoms with Crippen LogP contribution >= 0.6 is 0 Å². The lowest BCUT2D eigenvalue weighted by Gasteiger charge is -2.15. The normalized spacial score (nSPS) is 26.6. The van der Waals surface area contributed by atoms with Crippen LogP contribution < -0.4 is 0 Å². The Labute approximate surface area is 54.2 Å². The van der Waals surface area contributed by atoms with E-state index in [1.54, 1.807) is 0 Å². The quantitative estimate of drug-likeness (QED) is 0.348. The van der Waals surface area contributed by atoms with Crippen LogP contribution in [-0.2, 0) is 9.53 Å². The van der Waals surface area contributed by atoms with E-state index in [9.17, 15) is 4.79 Å². The van der Waals surface area contributed by atoms with Crippen LogP contribution in [0.2, 0.25) is 0 Å². The van der Waals surface area contributed by atoms with Gasteiger partial charge in [-0.25, -0.2) is 0 Å². The highest BCUT2D eigenvalue weighted by Crippen LogP contribution is 2.12. The van der Waals surface area contributed by atoms with Crippen molar-refractivity contribution in [2.24, 2.45) is 5.92 Å². The first-order chi connectivity index (χ1) is 4.34. The maximum absolute atomic E-state index is 10.7. The average molecular weight is 124 g/mol. The summed E-state index contributed by atoms with van der Waals surface area (Å²) in [5.74, 6) is 1.87. The van der Waals surface area contributed by atoms with Gasteiger partial charge in [-0.2, -0.15) is 0 Å². The lowest BCUT2D eigenvalue weighted by atomic mass is 10.0. The molecular weight excluding hydrogens is 116 g/mol. The van der Waals surface area contributed by atoms with Gasteiger partial charge in [0.2, 0.25) is 0 Å². The Kier molecular flexibility index (Phi) is 1.74. The minimum Gasteiger partial charge on any atom is -0.465 e. The summed E-state index contributed by atoms with van der Waals surface area (Å²) in [7, 11) is 0. The Balaban J connectivity index is 2.51. The third-order valence-electron chi connectivity index (χ3n) is 1.37. The minimum absolute atomic E-state index is 0.233. The van der Waals surface area contributed by atoms with Crippen molar-refractivity contribution in [1.82, 2.24) is 0 Å². The van der Waals surface area contributed by atoms with Crippen molar-refractivity contribution in [2.75, 3.05) is 6.61 Å². The number of hydrogen-bond donors (Lipinski definition) is 0. The molecule has 1 unspecified atom stereocenters. The van der Waals surface area contributed by atoms with Gasteiger partial charge in [-0.1, -0.05) is 5.92 Å². The van der Waals surface area contributed by atoms with Crippen molar-refractivity contribution in [2.45, 2.75) is 12.8 Å². The molecule has 0 aromatic heterocycles. The lowest BCUT2D eigenvalue weighted by Crippen LogP contribution is -2.22. The number of cyclic esters (lactones) is 1. The third-order valence-corrected chi connectivity index (χ3v) is 1.37. The fourth-order valence-corrected chi connectivity index (χ4v) is 0.830. The molecule has 0 aliphatic carbocycles. The van der Waals surface area contributed by atoms with Crippen LogP contribution in [0.15, 0.2) is 0 Å². The van der Waals surface area contributed by atoms with Crippen LogP contribution in [0.4, 0.5) is 0 Å². The Morgan fingerprint density at radius 2 is 2.56 bits per heavy atom. The minimum atomic E-state index is -0.279. The first-order valence-electron chi connectivity index (χ1n) is 2.97. The number of carbonyl (C=O) groups excluding carboxylic acids is 1. The molecule has 9 heavy (non-hydrogen) atoms. The number of hydrogen-bond acceptors (Lipinski definition) is 2. The van der Waals surface area contributed by atoms with E-state index in [-0.39, 0.29) is 11.9 Å². The number of ether oxygens (including phenoxy) is 1. The summed E-state index contributed by atoms with van der Waals surface area (Å²) in [4.78, 5) is 10.7. The predicted molar refractivity (Wildman–Crippen MR) is 32.5 cm³/mol. The van der Waals surface area contributed by atoms with Crippen LogP contribution in [0.1, 0.15) is 12.8 Å². The third kappa shape index (κ3) is 1.23. The van der Waals surface area contributed by atoms with Crippen LogP contribution in [0.5, 0.6) is 0 Å². The van der Waals surface area contributed by atoms with E-state index in [0.29, 0.717) is 6.61 Å². The van der Waals surface area contributed by atoms with E-state index in [2.05, 4.69) is 5.92 Å². The fourth-order valence-electron chi connectivity index (χ4n) is 0.830. The molecule has 1 fully saturated rings. The van der Waals surface area contributed by atoms with E-state index in [1.165, 1.54) is 0 Å². The van der Waals surface area contributed by atoms with Gasteiger partial charge in [0, 0.05) is 0 Å². The first kappa shape index (κ1) is 6.15. The second-order valence-corrected chi connectivity index (χ2v) is 2.03. The van der Waals surface area contributed by atoms with Crippen molar-refractivity contribution in [3.05, 3.63) is 0 Å². The molecule has 1 atom stereocenters. The van der Waals surface area contributed by atoms with Crippen molar-refractivity contribution >= 4 is 5.97 Å². The van der Waals surface area contributed by atoms with Gasteiger partial charge in [0.1, 0.15) is 5.92 Å². The largest absolute Gasteiger partial charge is 0.465 e. The van der Waals surface area contributed by atoms with E-state index in [0.717, 1.165) is 12.8 Å². The summed E-state index contributed by atoms with van der Waals surface area (Å²) in [5, 5.41) is 0. The van der Waals surface area contributed by atoms with Gasteiger partial charge in [-0.3, -0.25) is 4.79 Å². The summed E-state index contributed by atoms with van der Waals surface area (Å²) in [6, 6.07) is 0. The highest BCUT2D eigenvalue weighted by atomic mass is 16.5. The fraction of sp³-hybridized carbons (Fsp3) is 0.571. The van der Waals surface area contributed by atoms with Crippen LogP contribution in [0, 0.1) is 18.3 Å². The number of carbonyl (C=O) groups is 1. The second kappa shape index (κ2) is 2.54. The standard InChI is InChI=1S/C7H8O2/c1-2-6-4-3-5-9-7(6)8/h1,6H,3-5H2. The van der Waals surface area contributed by atoms with Crippen molar-refractivity contribution in [1.29, 1.82) is 0 Å². The molecule has 0 aromatic rings. The predicted octanol–water partition coefficient (Wildman–Crippen LogP) is 0.573. The number of terminal acetylenes is 1. The molecule has 0 bridgehead atoms. The molecule has 0 amide bonds. The highest BCUT2D eigenvalue weighted by Gasteiger charge is 2.20. The highest BCUT2D eigenvalue weighted by molar-refractivity contribution is 5.76. The van der Waals surface area contributed by atoms with Gasteiger partial charge >= 0.3 is 5.97 Å². The molecule has 0 saturated carbocycles. The van der Waals surface area contributed by atoms with Crippen molar-refractivity contribution in [3.63, 3.8) is 0 Å². The molecule has 2 nitrogen and oxygen atoms in total. The van der Waals surface area contributed by atoms with Gasteiger partial charge < -0.3 is 4.74 Å². The second-order valence-electron chi connectivity index (χ2n) is 2.03. The Morgan fingerprint density at radius 1 is 1.78 bits per heavy atom. The topological polar surface area (TPSA) is 26.3 Å². The van der Waals surface area contributed by atoms with Gasteiger partial charge in [0.25, 0.3) is 0 Å². The smallest absolute Gasteiger partial charge is 0.321 e. The monoisotopic (exact) mass is 124 g/mol. The first-order valence-corrected chi connectivity index (χ1v) is 2.97. The van der Waals surface area contributed by atoms with E-state index < -0.39 is 0 Å². The van der Waals surface area contributed by atoms with Gasteiger partial charge in [0.05, 0.1) is 6.61 Å². The SMILES string of the molecule is C#CC1CCCOC1=O. The summed E-state index contributed by atoms with van der Waals surface area (Å²) in [6.07, 6.45) is 6.73. The molecule has 0 radical (unpaired) electrons. The van der Waals surface area contributed by atoms with E-state index in [1.807, 2.05) is 0 Å². The summed E-state index contributed by atoms with van der Waals surface area (Å²) in [5.41, 5.74) is 0. The number of rotatable bonds is 0. The zero-order valence-electron chi connectivity index (χ0n) is 5.09. The van der Waals surface area contributed by atoms with Crippen molar-refractivity contribution < 1.29 is 9.53 Å². The Hall–Kier alpha value is -0.970. The maximum atomic E-state index is 10.7. The molecular formula is C7H8O2. The van der Waals surface area contributed by atoms with Crippen LogP contribution in [-0.4, -0.2) is 12.6 Å². The van der Waals surface area contributed by atoms with Crippen LogP contribution in [0.25, 0.3) is 0 Å². The maximum Gasteiger partial charge on any atom is 0.321 e. The Morgan fingerprint density at radius 3 is 3.00 bits per heavy atom. The summed E-state index contributed by atoms with van der Waals surface area (Å²) in [6.45, 7) is 0.539. The molecule has 0 N–H and O–H groups in total. The molecule has 1 aliphatic heterocycles. The molecule has 0 spiro atoms. The molecule has 1 heterocycles. The van der Waals surface area contributed by atoms with Crippen LogP contribution in [0.3, 0.4) is 0 Å². The van der Waals surface area contributed by atoms with Crippen molar-refractivity contribution in [3.8, 4) is 12.3 Å². The lowest BCUT2D eigenvalue weighted by molar-refractivity contribution is -0.150. The molecule has 1 rings (SSSR count). The van der Waals surface area contributed by atoms with E-state index in [4.69, 9.17) is 11.2 Å².